The van der Waals surface area contributed by atoms with Gasteiger partial charge in [0.2, 0.25) is 0 Å². The van der Waals surface area contributed by atoms with Crippen molar-refractivity contribution in [3.05, 3.63) is 22.1 Å². The quantitative estimate of drug-likeness (QED) is 0.489. The predicted molar refractivity (Wildman–Crippen MR) is 27.4 cm³/mol. The zero-order valence-corrected chi connectivity index (χ0v) is 4.38. The van der Waals surface area contributed by atoms with E-state index in [1.54, 1.807) is 6.92 Å². The summed E-state index contributed by atoms with van der Waals surface area (Å²) in [6, 6.07) is 0. The maximum absolute atomic E-state index is 10.5. The molecule has 0 amide bonds. The third kappa shape index (κ3) is 0.726. The average molecular weight is 111 g/mol. The lowest BCUT2D eigenvalue weighted by atomic mass is 10.4. The van der Waals surface area contributed by atoms with Gasteiger partial charge in [-0.3, -0.25) is 4.79 Å². The fourth-order valence-electron chi connectivity index (χ4n) is 0.337. The van der Waals surface area contributed by atoms with Gasteiger partial charge in [0.25, 0.3) is 5.56 Å². The molecule has 0 bridgehead atoms. The Kier molecular flexibility index (Phi) is 1.07. The van der Waals surface area contributed by atoms with Crippen LogP contribution in [-0.2, 0) is 0 Å². The second-order valence-electron chi connectivity index (χ2n) is 1.47. The van der Waals surface area contributed by atoms with Crippen molar-refractivity contribution >= 4 is 0 Å². The summed E-state index contributed by atoms with van der Waals surface area (Å²) in [4.78, 5) is 10.5. The van der Waals surface area contributed by atoms with E-state index in [4.69, 9.17) is 0 Å². The highest BCUT2D eigenvalue weighted by Gasteiger charge is 1.86. The lowest BCUT2D eigenvalue weighted by Gasteiger charge is -1.81. The third-order valence-corrected chi connectivity index (χ3v) is 0.819. The largest absolute Gasteiger partial charge is 0.269 e. The van der Waals surface area contributed by atoms with Gasteiger partial charge in [0, 0.05) is 5.56 Å². The normalized spacial score (nSPS) is 9.12. The average Bonchev–Trinajstić information content (AvgIpc) is 1.77. The van der Waals surface area contributed by atoms with Gasteiger partial charge in [-0.05, 0) is 6.92 Å². The van der Waals surface area contributed by atoms with Crippen molar-refractivity contribution in [2.75, 3.05) is 0 Å². The SMILES string of the molecule is Cc1cnn[nH]c1=O. The molecule has 0 aliphatic carbocycles. The number of H-pyrrole nitrogens is 1. The van der Waals surface area contributed by atoms with Crippen LogP contribution in [0.5, 0.6) is 0 Å². The molecule has 0 saturated carbocycles. The Morgan fingerprint density at radius 3 is 2.88 bits per heavy atom. The van der Waals surface area contributed by atoms with E-state index in [1.165, 1.54) is 6.20 Å². The van der Waals surface area contributed by atoms with Crippen LogP contribution < -0.4 is 5.56 Å². The van der Waals surface area contributed by atoms with Crippen LogP contribution in [0.2, 0.25) is 0 Å². The first-order chi connectivity index (χ1) is 3.80. The number of nitrogens with zero attached hydrogens (tertiary/aromatic N) is 2. The summed E-state index contributed by atoms with van der Waals surface area (Å²) < 4.78 is 0. The molecule has 4 heteroatoms. The van der Waals surface area contributed by atoms with Crippen LogP contribution in [0.15, 0.2) is 11.0 Å². The Labute approximate surface area is 45.6 Å². The molecule has 0 unspecified atom stereocenters. The van der Waals surface area contributed by atoms with Gasteiger partial charge in [-0.1, -0.05) is 5.21 Å². The van der Waals surface area contributed by atoms with Crippen LogP contribution in [0.1, 0.15) is 5.56 Å². The highest BCUT2D eigenvalue weighted by Crippen LogP contribution is 1.73. The Morgan fingerprint density at radius 2 is 2.50 bits per heavy atom. The van der Waals surface area contributed by atoms with E-state index in [0.717, 1.165) is 0 Å². The molecule has 0 aromatic carbocycles. The molecule has 0 atom stereocenters. The molecule has 0 radical (unpaired) electrons. The van der Waals surface area contributed by atoms with Gasteiger partial charge in [-0.15, -0.1) is 5.10 Å². The molecule has 0 spiro atoms. The number of aromatic amines is 1. The number of hydrogen-bond acceptors (Lipinski definition) is 3. The predicted octanol–water partition coefficient (Wildman–Crippen LogP) is -0.527. The summed E-state index contributed by atoms with van der Waals surface area (Å²) in [5.41, 5.74) is 0.403. The van der Waals surface area contributed by atoms with Crippen LogP contribution >= 0.6 is 0 Å². The molecule has 8 heavy (non-hydrogen) atoms. The molecule has 1 aromatic heterocycles. The Hall–Kier alpha value is -1.19. The zero-order valence-electron chi connectivity index (χ0n) is 4.38. The number of nitrogens with one attached hydrogen (secondary N) is 1. The van der Waals surface area contributed by atoms with Gasteiger partial charge in [0.05, 0.1) is 6.20 Å². The number of rotatable bonds is 0. The minimum atomic E-state index is -0.181. The van der Waals surface area contributed by atoms with Crippen molar-refractivity contribution in [3.63, 3.8) is 0 Å². The van der Waals surface area contributed by atoms with Gasteiger partial charge in [-0.2, -0.15) is 0 Å². The molecule has 0 aliphatic rings. The Morgan fingerprint density at radius 1 is 1.75 bits per heavy atom. The summed E-state index contributed by atoms with van der Waals surface area (Å²) in [7, 11) is 0. The molecular weight excluding hydrogens is 106 g/mol. The van der Waals surface area contributed by atoms with E-state index in [-0.39, 0.29) is 5.56 Å². The highest BCUT2D eigenvalue weighted by atomic mass is 16.1. The van der Waals surface area contributed by atoms with Crippen LogP contribution in [0.25, 0.3) is 0 Å². The first-order valence-corrected chi connectivity index (χ1v) is 2.17. The Balaban J connectivity index is 3.35. The maximum Gasteiger partial charge on any atom is 0.269 e. The van der Waals surface area contributed by atoms with Crippen LogP contribution in [0.4, 0.5) is 0 Å². The highest BCUT2D eigenvalue weighted by molar-refractivity contribution is 4.96. The van der Waals surface area contributed by atoms with Crippen molar-refractivity contribution in [1.29, 1.82) is 0 Å². The van der Waals surface area contributed by atoms with Gasteiger partial charge in [0.15, 0.2) is 0 Å². The van der Waals surface area contributed by atoms with Gasteiger partial charge < -0.3 is 0 Å². The molecule has 1 rings (SSSR count). The molecule has 0 fully saturated rings. The van der Waals surface area contributed by atoms with Gasteiger partial charge >= 0.3 is 0 Å². The van der Waals surface area contributed by atoms with Crippen molar-refractivity contribution in [3.8, 4) is 0 Å². The van der Waals surface area contributed by atoms with E-state index in [1.807, 2.05) is 0 Å². The van der Waals surface area contributed by atoms with E-state index in [2.05, 4.69) is 15.4 Å². The molecule has 42 valence electrons. The topological polar surface area (TPSA) is 58.6 Å². The lowest BCUT2D eigenvalue weighted by molar-refractivity contribution is 0.827. The zero-order chi connectivity index (χ0) is 5.98. The summed E-state index contributed by atoms with van der Waals surface area (Å²) >= 11 is 0. The number of aromatic nitrogens is 3. The summed E-state index contributed by atoms with van der Waals surface area (Å²) in [5.74, 6) is 0. The van der Waals surface area contributed by atoms with E-state index in [0.29, 0.717) is 5.56 Å². The molecule has 1 N–H and O–H groups in total. The van der Waals surface area contributed by atoms with Crippen molar-refractivity contribution in [2.24, 2.45) is 0 Å². The molecule has 1 heterocycles. The summed E-state index contributed by atoms with van der Waals surface area (Å²) in [5, 5.41) is 8.88. The molecule has 0 saturated heterocycles. The third-order valence-electron chi connectivity index (χ3n) is 0.819. The van der Waals surface area contributed by atoms with Crippen LogP contribution in [0, 0.1) is 6.92 Å². The van der Waals surface area contributed by atoms with Crippen LogP contribution in [0.3, 0.4) is 0 Å². The maximum atomic E-state index is 10.5. The second-order valence-corrected chi connectivity index (χ2v) is 1.47. The van der Waals surface area contributed by atoms with Crippen molar-refractivity contribution in [2.45, 2.75) is 6.92 Å². The molecule has 4 nitrogen and oxygen atoms in total. The second kappa shape index (κ2) is 1.73. The number of aryl methyl sites for hydroxylation is 1. The molecule has 0 aliphatic heterocycles. The molecular formula is C4H5N3O. The van der Waals surface area contributed by atoms with E-state index >= 15 is 0 Å². The smallest absolute Gasteiger partial charge is 0.268 e. The van der Waals surface area contributed by atoms with E-state index in [9.17, 15) is 4.79 Å². The summed E-state index contributed by atoms with van der Waals surface area (Å²) in [6.07, 6.45) is 1.42. The number of hydrogen-bond donors (Lipinski definition) is 1. The minimum Gasteiger partial charge on any atom is -0.268 e. The summed E-state index contributed by atoms with van der Waals surface area (Å²) in [6.45, 7) is 1.67. The first-order valence-electron chi connectivity index (χ1n) is 2.17. The van der Waals surface area contributed by atoms with Gasteiger partial charge in [-0.25, -0.2) is 5.10 Å². The van der Waals surface area contributed by atoms with Crippen LogP contribution in [-0.4, -0.2) is 15.4 Å². The Bertz CT molecular complexity index is 229. The van der Waals surface area contributed by atoms with Gasteiger partial charge in [0.1, 0.15) is 0 Å². The lowest BCUT2D eigenvalue weighted by Crippen LogP contribution is -2.11. The van der Waals surface area contributed by atoms with Crippen molar-refractivity contribution in [1.82, 2.24) is 15.4 Å². The minimum absolute atomic E-state index is 0.181. The monoisotopic (exact) mass is 111 g/mol. The fourth-order valence-corrected chi connectivity index (χ4v) is 0.337. The first kappa shape index (κ1) is 4.96. The fraction of sp³-hybridized carbons (Fsp3) is 0.250. The van der Waals surface area contributed by atoms with Crippen molar-refractivity contribution < 1.29 is 0 Å². The molecule has 1 aromatic rings. The standard InChI is InChI=1S/C4H5N3O/c1-3-2-5-7-6-4(3)8/h2H,1H3,(H,5,6,8). The van der Waals surface area contributed by atoms with E-state index < -0.39 is 0 Å².